The van der Waals surface area contributed by atoms with Crippen molar-refractivity contribution in [3.05, 3.63) is 42.2 Å². The predicted octanol–water partition coefficient (Wildman–Crippen LogP) is 1.29. The van der Waals surface area contributed by atoms with Crippen LogP contribution < -0.4 is 10.6 Å². The molecule has 1 heterocycles. The largest absolute Gasteiger partial charge is 0.369 e. The van der Waals surface area contributed by atoms with E-state index in [2.05, 4.69) is 4.99 Å². The molecule has 1 aromatic carbocycles. The second-order valence-corrected chi connectivity index (χ2v) is 2.89. The summed E-state index contributed by atoms with van der Waals surface area (Å²) in [5.41, 5.74) is 7.28. The van der Waals surface area contributed by atoms with Gasteiger partial charge in [-0.3, -0.25) is 15.3 Å². The molecule has 0 fully saturated rings. The zero-order valence-corrected chi connectivity index (χ0v) is 7.51. The van der Waals surface area contributed by atoms with E-state index in [4.69, 9.17) is 11.1 Å². The van der Waals surface area contributed by atoms with Crippen LogP contribution in [-0.2, 0) is 0 Å². The molecule has 0 saturated carbocycles. The monoisotopic (exact) mass is 186 g/mol. The normalized spacial score (nSPS) is 13.6. The number of aliphatic imine (C=N–C) groups is 1. The fourth-order valence-corrected chi connectivity index (χ4v) is 1.33. The highest BCUT2D eigenvalue weighted by molar-refractivity contribution is 6.01. The number of nitrogens with two attached hydrogens (primary N) is 1. The molecule has 0 atom stereocenters. The van der Waals surface area contributed by atoms with E-state index < -0.39 is 0 Å². The minimum absolute atomic E-state index is 0.0146. The van der Waals surface area contributed by atoms with Crippen molar-refractivity contribution < 1.29 is 0 Å². The van der Waals surface area contributed by atoms with Crippen LogP contribution in [0.2, 0.25) is 0 Å². The lowest BCUT2D eigenvalue weighted by Gasteiger charge is -2.18. The fraction of sp³-hybridized carbons (Fsp3) is 0. The highest BCUT2D eigenvalue weighted by Crippen LogP contribution is 2.20. The molecule has 1 aliphatic heterocycles. The maximum atomic E-state index is 7.41. The van der Waals surface area contributed by atoms with Gasteiger partial charge in [-0.1, -0.05) is 18.2 Å². The van der Waals surface area contributed by atoms with E-state index in [1.165, 1.54) is 0 Å². The average molecular weight is 186 g/mol. The van der Waals surface area contributed by atoms with Crippen molar-refractivity contribution in [3.63, 3.8) is 0 Å². The Kier molecular flexibility index (Phi) is 2.02. The zero-order chi connectivity index (χ0) is 9.97. The number of guanidine groups is 1. The molecule has 70 valence electrons. The summed E-state index contributed by atoms with van der Waals surface area (Å²) in [4.78, 5) is 5.63. The highest BCUT2D eigenvalue weighted by Gasteiger charge is 2.10. The summed E-state index contributed by atoms with van der Waals surface area (Å²) in [6, 6.07) is 7.66. The first-order valence-electron chi connectivity index (χ1n) is 4.21. The predicted molar refractivity (Wildman–Crippen MR) is 57.6 cm³/mol. The molecule has 2 rings (SSSR count). The zero-order valence-electron chi connectivity index (χ0n) is 7.51. The van der Waals surface area contributed by atoms with Crippen LogP contribution in [0, 0.1) is 5.41 Å². The number of nitrogens with one attached hydrogen (secondary N) is 1. The van der Waals surface area contributed by atoms with Crippen LogP contribution in [0.1, 0.15) is 5.56 Å². The Balaban J connectivity index is 2.55. The molecule has 0 bridgehead atoms. The number of benzene rings is 1. The minimum atomic E-state index is -0.0146. The summed E-state index contributed by atoms with van der Waals surface area (Å²) in [5, 5.41) is 7.41. The molecule has 0 spiro atoms. The summed E-state index contributed by atoms with van der Waals surface area (Å²) in [6.07, 6.45) is 5.03. The molecule has 4 heteroatoms. The fourth-order valence-electron chi connectivity index (χ4n) is 1.33. The maximum Gasteiger partial charge on any atom is 0.197 e. The Morgan fingerprint density at radius 1 is 1.36 bits per heavy atom. The number of hydrogen-bond acceptors (Lipinski definition) is 2. The van der Waals surface area contributed by atoms with Crippen LogP contribution in [0.4, 0.5) is 5.69 Å². The number of para-hydroxylation sites is 1. The molecule has 14 heavy (non-hydrogen) atoms. The van der Waals surface area contributed by atoms with E-state index in [1.807, 2.05) is 24.3 Å². The van der Waals surface area contributed by atoms with Gasteiger partial charge in [-0.2, -0.15) is 0 Å². The number of nitrogens with zero attached hydrogens (tertiary/aromatic N) is 2. The number of hydrogen-bond donors (Lipinski definition) is 2. The third-order valence-corrected chi connectivity index (χ3v) is 1.97. The van der Waals surface area contributed by atoms with Crippen LogP contribution in [0.3, 0.4) is 0 Å². The van der Waals surface area contributed by atoms with E-state index in [-0.39, 0.29) is 5.96 Å². The van der Waals surface area contributed by atoms with E-state index >= 15 is 0 Å². The Morgan fingerprint density at radius 2 is 2.14 bits per heavy atom. The van der Waals surface area contributed by atoms with Crippen molar-refractivity contribution in [2.45, 2.75) is 0 Å². The number of anilines is 1. The van der Waals surface area contributed by atoms with Crippen molar-refractivity contribution in [3.8, 4) is 0 Å². The quantitative estimate of drug-likeness (QED) is 0.473. The van der Waals surface area contributed by atoms with Crippen LogP contribution in [0.5, 0.6) is 0 Å². The third kappa shape index (κ3) is 1.37. The summed E-state index contributed by atoms with van der Waals surface area (Å²) in [7, 11) is 0. The first kappa shape index (κ1) is 8.50. The molecule has 3 N–H and O–H groups in total. The summed E-state index contributed by atoms with van der Waals surface area (Å²) >= 11 is 0. The first-order chi connectivity index (χ1) is 6.79. The summed E-state index contributed by atoms with van der Waals surface area (Å²) < 4.78 is 0. The van der Waals surface area contributed by atoms with Crippen LogP contribution in [-0.4, -0.2) is 12.2 Å². The van der Waals surface area contributed by atoms with Gasteiger partial charge in [0.05, 0.1) is 5.69 Å². The molecule has 0 aromatic heterocycles. The third-order valence-electron chi connectivity index (χ3n) is 1.97. The van der Waals surface area contributed by atoms with Gasteiger partial charge < -0.3 is 5.73 Å². The first-order valence-corrected chi connectivity index (χ1v) is 4.21. The summed E-state index contributed by atoms with van der Waals surface area (Å²) in [5.74, 6) is -0.0146. The maximum absolute atomic E-state index is 7.41. The lowest BCUT2D eigenvalue weighted by Crippen LogP contribution is -2.32. The number of fused-ring (bicyclic) bond motifs is 1. The smallest absolute Gasteiger partial charge is 0.197 e. The Labute approximate surface area is 81.9 Å². The van der Waals surface area contributed by atoms with Crippen molar-refractivity contribution >= 4 is 17.9 Å². The molecule has 0 radical (unpaired) electrons. The van der Waals surface area contributed by atoms with Crippen molar-refractivity contribution in [2.24, 2.45) is 10.7 Å². The standard InChI is InChI=1S/C10H10N4/c11-10(12)14-6-5-13-7-8-3-1-2-4-9(8)14/h1-7H,(H3,11,12). The highest BCUT2D eigenvalue weighted by atomic mass is 15.2. The summed E-state index contributed by atoms with van der Waals surface area (Å²) in [6.45, 7) is 0. The molecule has 1 aliphatic rings. The molecular weight excluding hydrogens is 176 g/mol. The van der Waals surface area contributed by atoms with E-state index in [1.54, 1.807) is 23.5 Å². The Morgan fingerprint density at radius 3 is 2.93 bits per heavy atom. The van der Waals surface area contributed by atoms with Gasteiger partial charge in [0, 0.05) is 24.2 Å². The Hall–Kier alpha value is -2.10. The van der Waals surface area contributed by atoms with Gasteiger partial charge >= 0.3 is 0 Å². The van der Waals surface area contributed by atoms with Crippen molar-refractivity contribution in [1.82, 2.24) is 0 Å². The second-order valence-electron chi connectivity index (χ2n) is 2.89. The molecule has 0 saturated heterocycles. The van der Waals surface area contributed by atoms with Gasteiger partial charge in [-0.05, 0) is 6.07 Å². The van der Waals surface area contributed by atoms with Crippen LogP contribution in [0.25, 0.3) is 0 Å². The lowest BCUT2D eigenvalue weighted by atomic mass is 10.2. The van der Waals surface area contributed by atoms with Crippen LogP contribution in [0.15, 0.2) is 41.7 Å². The molecule has 4 nitrogen and oxygen atoms in total. The molecule has 1 aromatic rings. The van der Waals surface area contributed by atoms with Gasteiger partial charge in [-0.15, -0.1) is 0 Å². The van der Waals surface area contributed by atoms with Gasteiger partial charge in [0.1, 0.15) is 0 Å². The van der Waals surface area contributed by atoms with Crippen LogP contribution >= 0.6 is 0 Å². The molecular formula is C10H10N4. The van der Waals surface area contributed by atoms with Gasteiger partial charge in [-0.25, -0.2) is 0 Å². The topological polar surface area (TPSA) is 65.5 Å². The van der Waals surface area contributed by atoms with Crippen molar-refractivity contribution in [2.75, 3.05) is 4.90 Å². The van der Waals surface area contributed by atoms with E-state index in [9.17, 15) is 0 Å². The van der Waals surface area contributed by atoms with Gasteiger partial charge in [0.15, 0.2) is 5.96 Å². The molecule has 0 unspecified atom stereocenters. The SMILES string of the molecule is N=C(N)N1C=CN=Cc2ccccc21. The average Bonchev–Trinajstić information content (AvgIpc) is 2.39. The van der Waals surface area contributed by atoms with Gasteiger partial charge in [0.2, 0.25) is 0 Å². The van der Waals surface area contributed by atoms with Crippen molar-refractivity contribution in [1.29, 1.82) is 5.41 Å². The minimum Gasteiger partial charge on any atom is -0.369 e. The van der Waals surface area contributed by atoms with E-state index in [0.29, 0.717) is 0 Å². The van der Waals surface area contributed by atoms with E-state index in [0.717, 1.165) is 11.3 Å². The van der Waals surface area contributed by atoms with Gasteiger partial charge in [0.25, 0.3) is 0 Å². The lowest BCUT2D eigenvalue weighted by molar-refractivity contribution is 1.25. The Bertz CT molecular complexity index is 420. The number of rotatable bonds is 0. The second kappa shape index (κ2) is 3.33. The molecule has 0 amide bonds. The molecule has 0 aliphatic carbocycles.